The molecule has 0 atom stereocenters. The lowest BCUT2D eigenvalue weighted by Crippen LogP contribution is -2.05. The highest BCUT2D eigenvalue weighted by atomic mass is 79.9. The molecular weight excluding hydrogens is 256 g/mol. The van der Waals surface area contributed by atoms with Crippen molar-refractivity contribution in [3.63, 3.8) is 0 Å². The van der Waals surface area contributed by atoms with E-state index in [-0.39, 0.29) is 0 Å². The Hall–Kier alpha value is -1.29. The summed E-state index contributed by atoms with van der Waals surface area (Å²) in [6.45, 7) is 0.816. The van der Waals surface area contributed by atoms with E-state index in [1.165, 1.54) is 0 Å². The van der Waals surface area contributed by atoms with Crippen molar-refractivity contribution in [1.82, 2.24) is 4.98 Å². The molecule has 4 heteroatoms. The molecule has 0 saturated carbocycles. The third-order valence-electron chi connectivity index (χ3n) is 1.97. The average Bonchev–Trinajstić information content (AvgIpc) is 2.71. The van der Waals surface area contributed by atoms with E-state index >= 15 is 0 Å². The van der Waals surface area contributed by atoms with Crippen LogP contribution in [0.1, 0.15) is 5.76 Å². The minimum atomic E-state index is 0.816. The Bertz CT molecular complexity index is 414. The molecule has 2 aromatic rings. The van der Waals surface area contributed by atoms with Crippen LogP contribution in [-0.2, 0) is 6.42 Å². The molecule has 78 valence electrons. The van der Waals surface area contributed by atoms with Crippen molar-refractivity contribution < 1.29 is 4.42 Å². The van der Waals surface area contributed by atoms with Crippen molar-refractivity contribution in [2.24, 2.45) is 0 Å². The van der Waals surface area contributed by atoms with Gasteiger partial charge in [0, 0.05) is 13.0 Å². The number of anilines is 1. The van der Waals surface area contributed by atoms with Gasteiger partial charge < -0.3 is 9.73 Å². The van der Waals surface area contributed by atoms with E-state index in [4.69, 9.17) is 4.42 Å². The number of furan rings is 1. The summed E-state index contributed by atoms with van der Waals surface area (Å²) in [5, 5.41) is 3.22. The molecule has 2 aromatic heterocycles. The second-order valence-electron chi connectivity index (χ2n) is 3.10. The van der Waals surface area contributed by atoms with Crippen molar-refractivity contribution in [3.05, 3.63) is 47.0 Å². The number of rotatable bonds is 4. The number of pyridine rings is 1. The Kier molecular flexibility index (Phi) is 3.40. The van der Waals surface area contributed by atoms with Gasteiger partial charge in [-0.25, -0.2) is 4.98 Å². The monoisotopic (exact) mass is 266 g/mol. The van der Waals surface area contributed by atoms with E-state index in [0.717, 1.165) is 29.1 Å². The highest BCUT2D eigenvalue weighted by molar-refractivity contribution is 9.10. The molecule has 2 heterocycles. The maximum Gasteiger partial charge on any atom is 0.127 e. The van der Waals surface area contributed by atoms with Gasteiger partial charge in [-0.05, 0) is 40.2 Å². The van der Waals surface area contributed by atoms with Gasteiger partial charge in [-0.3, -0.25) is 0 Å². The molecule has 0 saturated heterocycles. The zero-order chi connectivity index (χ0) is 10.5. The third-order valence-corrected chi connectivity index (χ3v) is 2.41. The molecule has 1 N–H and O–H groups in total. The number of nitrogens with zero attached hydrogens (tertiary/aromatic N) is 1. The lowest BCUT2D eigenvalue weighted by atomic mass is 10.3. The van der Waals surface area contributed by atoms with E-state index in [1.807, 2.05) is 30.3 Å². The van der Waals surface area contributed by atoms with Crippen molar-refractivity contribution >= 4 is 21.7 Å². The van der Waals surface area contributed by atoms with E-state index in [1.54, 1.807) is 6.26 Å². The van der Waals surface area contributed by atoms with Gasteiger partial charge in [0.05, 0.1) is 6.26 Å². The fraction of sp³-hybridized carbons (Fsp3) is 0.182. The summed E-state index contributed by atoms with van der Waals surface area (Å²) in [5.41, 5.74) is 0. The fourth-order valence-corrected chi connectivity index (χ4v) is 1.62. The zero-order valence-electron chi connectivity index (χ0n) is 8.11. The molecule has 0 bridgehead atoms. The zero-order valence-corrected chi connectivity index (χ0v) is 9.70. The number of aromatic nitrogens is 1. The Morgan fingerprint density at radius 1 is 1.27 bits per heavy atom. The Morgan fingerprint density at radius 3 is 2.93 bits per heavy atom. The summed E-state index contributed by atoms with van der Waals surface area (Å²) in [6, 6.07) is 9.65. The molecular formula is C11H11BrN2O. The van der Waals surface area contributed by atoms with E-state index < -0.39 is 0 Å². The first kappa shape index (κ1) is 10.2. The van der Waals surface area contributed by atoms with Crippen LogP contribution in [-0.4, -0.2) is 11.5 Å². The van der Waals surface area contributed by atoms with Crippen molar-refractivity contribution in [2.45, 2.75) is 6.42 Å². The molecule has 0 aliphatic heterocycles. The Morgan fingerprint density at radius 2 is 2.20 bits per heavy atom. The first-order valence-electron chi connectivity index (χ1n) is 4.73. The minimum absolute atomic E-state index is 0.816. The van der Waals surface area contributed by atoms with Crippen molar-refractivity contribution in [2.75, 3.05) is 11.9 Å². The molecule has 2 rings (SSSR count). The van der Waals surface area contributed by atoms with Crippen LogP contribution in [0.25, 0.3) is 0 Å². The normalized spacial score (nSPS) is 10.2. The smallest absolute Gasteiger partial charge is 0.127 e. The maximum atomic E-state index is 5.23. The molecule has 0 unspecified atom stereocenters. The Balaban J connectivity index is 1.83. The first-order chi connectivity index (χ1) is 7.34. The lowest BCUT2D eigenvalue weighted by molar-refractivity contribution is 0.513. The number of nitrogens with one attached hydrogen (secondary N) is 1. The van der Waals surface area contributed by atoms with E-state index in [0.29, 0.717) is 0 Å². The quantitative estimate of drug-likeness (QED) is 0.865. The molecule has 3 nitrogen and oxygen atoms in total. The van der Waals surface area contributed by atoms with Crippen LogP contribution in [0.15, 0.2) is 45.6 Å². The minimum Gasteiger partial charge on any atom is -0.469 e. The van der Waals surface area contributed by atoms with Gasteiger partial charge in [0.1, 0.15) is 16.2 Å². The summed E-state index contributed by atoms with van der Waals surface area (Å²) in [6.07, 6.45) is 2.55. The van der Waals surface area contributed by atoms with E-state index in [9.17, 15) is 0 Å². The maximum absolute atomic E-state index is 5.23. The fourth-order valence-electron chi connectivity index (χ4n) is 1.28. The molecule has 15 heavy (non-hydrogen) atoms. The predicted octanol–water partition coefficient (Wildman–Crippen LogP) is 3.09. The highest BCUT2D eigenvalue weighted by Crippen LogP contribution is 2.10. The molecule has 0 fully saturated rings. The van der Waals surface area contributed by atoms with Gasteiger partial charge in [-0.1, -0.05) is 6.07 Å². The summed E-state index contributed by atoms with van der Waals surface area (Å²) in [7, 11) is 0. The summed E-state index contributed by atoms with van der Waals surface area (Å²) in [5.74, 6) is 1.86. The predicted molar refractivity (Wildman–Crippen MR) is 62.8 cm³/mol. The number of halogens is 1. The van der Waals surface area contributed by atoms with Gasteiger partial charge in [-0.15, -0.1) is 0 Å². The van der Waals surface area contributed by atoms with Crippen LogP contribution in [0.4, 0.5) is 5.82 Å². The van der Waals surface area contributed by atoms with E-state index in [2.05, 4.69) is 26.2 Å². The van der Waals surface area contributed by atoms with Gasteiger partial charge in [0.15, 0.2) is 0 Å². The van der Waals surface area contributed by atoms with Crippen LogP contribution in [0.3, 0.4) is 0 Å². The number of hydrogen-bond acceptors (Lipinski definition) is 3. The standard InChI is InChI=1S/C11H11BrN2O/c12-10-4-1-5-11(14-10)13-7-6-9-3-2-8-15-9/h1-5,8H,6-7H2,(H,13,14). The van der Waals surface area contributed by atoms with Crippen molar-refractivity contribution in [3.8, 4) is 0 Å². The molecule has 0 radical (unpaired) electrons. The first-order valence-corrected chi connectivity index (χ1v) is 5.53. The third kappa shape index (κ3) is 3.09. The van der Waals surface area contributed by atoms with Crippen LogP contribution in [0.2, 0.25) is 0 Å². The summed E-state index contributed by atoms with van der Waals surface area (Å²) >= 11 is 3.32. The van der Waals surface area contributed by atoms with Crippen LogP contribution >= 0.6 is 15.9 Å². The largest absolute Gasteiger partial charge is 0.469 e. The average molecular weight is 267 g/mol. The molecule has 0 aliphatic carbocycles. The second kappa shape index (κ2) is 4.98. The molecule has 0 aromatic carbocycles. The SMILES string of the molecule is Brc1cccc(NCCc2ccco2)n1. The molecule has 0 amide bonds. The van der Waals surface area contributed by atoms with Gasteiger partial charge in [-0.2, -0.15) is 0 Å². The molecule has 0 spiro atoms. The highest BCUT2D eigenvalue weighted by Gasteiger charge is 1.97. The van der Waals surface area contributed by atoms with Crippen LogP contribution < -0.4 is 5.32 Å². The lowest BCUT2D eigenvalue weighted by Gasteiger charge is -2.03. The summed E-state index contributed by atoms with van der Waals surface area (Å²) < 4.78 is 6.06. The number of hydrogen-bond donors (Lipinski definition) is 1. The van der Waals surface area contributed by atoms with Crippen LogP contribution in [0, 0.1) is 0 Å². The van der Waals surface area contributed by atoms with Gasteiger partial charge >= 0.3 is 0 Å². The van der Waals surface area contributed by atoms with Gasteiger partial charge in [0.25, 0.3) is 0 Å². The van der Waals surface area contributed by atoms with Crippen LogP contribution in [0.5, 0.6) is 0 Å². The molecule has 0 aliphatic rings. The summed E-state index contributed by atoms with van der Waals surface area (Å²) in [4.78, 5) is 4.27. The second-order valence-corrected chi connectivity index (χ2v) is 3.91. The topological polar surface area (TPSA) is 38.1 Å². The van der Waals surface area contributed by atoms with Gasteiger partial charge in [0.2, 0.25) is 0 Å². The Labute approximate surface area is 96.6 Å². The van der Waals surface area contributed by atoms with Crippen molar-refractivity contribution in [1.29, 1.82) is 0 Å².